The normalized spacial score (nSPS) is 13.1. The molecule has 1 atom stereocenters. The molecule has 0 saturated carbocycles. The van der Waals surface area contributed by atoms with Gasteiger partial charge in [0.1, 0.15) is 0 Å². The molecular weight excluding hydrogens is 266 g/mol. The average Bonchev–Trinajstić information content (AvgIpc) is 2.47. The number of ether oxygens (including phenoxy) is 2. The van der Waals surface area contributed by atoms with Crippen LogP contribution in [-0.2, 0) is 15.9 Å². The second-order valence-electron chi connectivity index (χ2n) is 4.97. The maximum absolute atomic E-state index is 5.76. The molecule has 1 aromatic carbocycles. The first kappa shape index (κ1) is 17.5. The lowest BCUT2D eigenvalue weighted by Gasteiger charge is -2.12. The molecule has 118 valence electrons. The number of hydrogen-bond donors (Lipinski definition) is 2. The Morgan fingerprint density at radius 3 is 2.76 bits per heavy atom. The van der Waals surface area contributed by atoms with E-state index in [0.29, 0.717) is 25.7 Å². The number of guanidine groups is 1. The van der Waals surface area contributed by atoms with Gasteiger partial charge in [-0.25, -0.2) is 0 Å². The van der Waals surface area contributed by atoms with Crippen LogP contribution in [0.25, 0.3) is 0 Å². The molecule has 21 heavy (non-hydrogen) atoms. The molecule has 1 rings (SSSR count). The highest BCUT2D eigenvalue weighted by Crippen LogP contribution is 1.99. The van der Waals surface area contributed by atoms with E-state index in [4.69, 9.17) is 15.2 Å². The van der Waals surface area contributed by atoms with Crippen molar-refractivity contribution in [3.05, 3.63) is 35.9 Å². The van der Waals surface area contributed by atoms with Crippen molar-refractivity contribution in [2.24, 2.45) is 10.7 Å². The van der Waals surface area contributed by atoms with Crippen molar-refractivity contribution in [2.75, 3.05) is 33.5 Å². The first-order valence-electron chi connectivity index (χ1n) is 7.39. The highest BCUT2D eigenvalue weighted by molar-refractivity contribution is 5.78. The maximum Gasteiger partial charge on any atom is 0.188 e. The Hall–Kier alpha value is -1.59. The van der Waals surface area contributed by atoms with E-state index < -0.39 is 0 Å². The molecule has 1 aromatic rings. The van der Waals surface area contributed by atoms with Gasteiger partial charge in [0.15, 0.2) is 5.96 Å². The summed E-state index contributed by atoms with van der Waals surface area (Å²) in [7, 11) is 1.66. The molecule has 0 aliphatic carbocycles. The number of nitrogens with one attached hydrogen (secondary N) is 1. The predicted octanol–water partition coefficient (Wildman–Crippen LogP) is 1.58. The zero-order valence-corrected chi connectivity index (χ0v) is 13.0. The lowest BCUT2D eigenvalue weighted by atomic mass is 10.2. The molecule has 5 heteroatoms. The van der Waals surface area contributed by atoms with Crippen molar-refractivity contribution in [3.8, 4) is 0 Å². The minimum absolute atomic E-state index is 0.167. The Labute approximate surface area is 127 Å². The molecule has 3 N–H and O–H groups in total. The topological polar surface area (TPSA) is 68.9 Å². The standard InChI is InChI=1S/C16H27N3O2/c1-14(13-20-2)19-16(17)18-10-6-11-21-12-9-15-7-4-3-5-8-15/h3-5,7-8,14H,6,9-13H2,1-2H3,(H3,17,18,19). The van der Waals surface area contributed by atoms with Crippen LogP contribution in [0.1, 0.15) is 18.9 Å². The van der Waals surface area contributed by atoms with Gasteiger partial charge in [0.2, 0.25) is 0 Å². The van der Waals surface area contributed by atoms with Crippen LogP contribution in [0, 0.1) is 0 Å². The Morgan fingerprint density at radius 2 is 2.05 bits per heavy atom. The zero-order valence-electron chi connectivity index (χ0n) is 13.0. The van der Waals surface area contributed by atoms with Crippen LogP contribution in [0.3, 0.4) is 0 Å². The zero-order chi connectivity index (χ0) is 15.3. The van der Waals surface area contributed by atoms with Gasteiger partial charge < -0.3 is 20.5 Å². The largest absolute Gasteiger partial charge is 0.383 e. The summed E-state index contributed by atoms with van der Waals surface area (Å²) in [4.78, 5) is 4.25. The molecule has 0 saturated heterocycles. The van der Waals surface area contributed by atoms with E-state index in [9.17, 15) is 0 Å². The van der Waals surface area contributed by atoms with E-state index >= 15 is 0 Å². The molecule has 0 aliphatic rings. The maximum atomic E-state index is 5.76. The third kappa shape index (κ3) is 9.05. The molecule has 0 radical (unpaired) electrons. The fraction of sp³-hybridized carbons (Fsp3) is 0.562. The Morgan fingerprint density at radius 1 is 1.29 bits per heavy atom. The van der Waals surface area contributed by atoms with Crippen molar-refractivity contribution >= 4 is 5.96 Å². The minimum Gasteiger partial charge on any atom is -0.383 e. The smallest absolute Gasteiger partial charge is 0.188 e. The molecule has 1 unspecified atom stereocenters. The van der Waals surface area contributed by atoms with E-state index in [1.165, 1.54) is 5.56 Å². The van der Waals surface area contributed by atoms with Crippen LogP contribution in [0.5, 0.6) is 0 Å². The fourth-order valence-electron chi connectivity index (χ4n) is 1.89. The van der Waals surface area contributed by atoms with Gasteiger partial charge in [-0.05, 0) is 25.3 Å². The Balaban J connectivity index is 2.01. The fourth-order valence-corrected chi connectivity index (χ4v) is 1.89. The number of nitrogens with zero attached hydrogens (tertiary/aromatic N) is 1. The third-order valence-electron chi connectivity index (χ3n) is 2.92. The first-order valence-corrected chi connectivity index (χ1v) is 7.39. The van der Waals surface area contributed by atoms with E-state index in [-0.39, 0.29) is 6.04 Å². The average molecular weight is 293 g/mol. The number of benzene rings is 1. The second-order valence-corrected chi connectivity index (χ2v) is 4.97. The van der Waals surface area contributed by atoms with Crippen LogP contribution in [0.15, 0.2) is 35.3 Å². The number of aliphatic imine (C=N–C) groups is 1. The number of methoxy groups -OCH3 is 1. The van der Waals surface area contributed by atoms with Gasteiger partial charge in [-0.3, -0.25) is 4.99 Å². The molecule has 5 nitrogen and oxygen atoms in total. The molecule has 0 heterocycles. The van der Waals surface area contributed by atoms with E-state index in [2.05, 4.69) is 22.4 Å². The van der Waals surface area contributed by atoms with Crippen LogP contribution < -0.4 is 11.1 Å². The second kappa shape index (κ2) is 11.1. The number of nitrogens with two attached hydrogens (primary N) is 1. The highest BCUT2D eigenvalue weighted by Gasteiger charge is 2.00. The van der Waals surface area contributed by atoms with Crippen molar-refractivity contribution in [2.45, 2.75) is 25.8 Å². The quantitative estimate of drug-likeness (QED) is 0.390. The van der Waals surface area contributed by atoms with Gasteiger partial charge in [0, 0.05) is 26.3 Å². The van der Waals surface area contributed by atoms with Gasteiger partial charge in [-0.15, -0.1) is 0 Å². The number of rotatable bonds is 10. The summed E-state index contributed by atoms with van der Waals surface area (Å²) in [6, 6.07) is 10.5. The molecular formula is C16H27N3O2. The first-order chi connectivity index (χ1) is 10.2. The van der Waals surface area contributed by atoms with Gasteiger partial charge in [0.25, 0.3) is 0 Å². The van der Waals surface area contributed by atoms with E-state index in [0.717, 1.165) is 19.4 Å². The van der Waals surface area contributed by atoms with Gasteiger partial charge in [0.05, 0.1) is 13.2 Å². The summed E-state index contributed by atoms with van der Waals surface area (Å²) >= 11 is 0. The van der Waals surface area contributed by atoms with Crippen LogP contribution in [-0.4, -0.2) is 45.5 Å². The van der Waals surface area contributed by atoms with Crippen molar-refractivity contribution in [1.29, 1.82) is 0 Å². The number of hydrogen-bond acceptors (Lipinski definition) is 3. The van der Waals surface area contributed by atoms with E-state index in [1.54, 1.807) is 7.11 Å². The van der Waals surface area contributed by atoms with Crippen molar-refractivity contribution in [3.63, 3.8) is 0 Å². The van der Waals surface area contributed by atoms with E-state index in [1.807, 2.05) is 25.1 Å². The summed E-state index contributed by atoms with van der Waals surface area (Å²) in [5.41, 5.74) is 7.07. The molecule has 0 spiro atoms. The molecule has 0 fully saturated rings. The van der Waals surface area contributed by atoms with Crippen LogP contribution >= 0.6 is 0 Å². The third-order valence-corrected chi connectivity index (χ3v) is 2.92. The van der Waals surface area contributed by atoms with Gasteiger partial charge in [-0.1, -0.05) is 30.3 Å². The van der Waals surface area contributed by atoms with Crippen LogP contribution in [0.2, 0.25) is 0 Å². The summed E-state index contributed by atoms with van der Waals surface area (Å²) < 4.78 is 10.6. The highest BCUT2D eigenvalue weighted by atomic mass is 16.5. The monoisotopic (exact) mass is 293 g/mol. The lowest BCUT2D eigenvalue weighted by molar-refractivity contribution is 0.136. The van der Waals surface area contributed by atoms with Crippen molar-refractivity contribution in [1.82, 2.24) is 5.32 Å². The summed E-state index contributed by atoms with van der Waals surface area (Å²) in [6.45, 7) is 4.73. The summed E-state index contributed by atoms with van der Waals surface area (Å²) in [5, 5.41) is 3.07. The Kier molecular flexibility index (Phi) is 9.24. The predicted molar refractivity (Wildman–Crippen MR) is 86.5 cm³/mol. The SMILES string of the molecule is COCC(C)NC(N)=NCCCOCCc1ccccc1. The van der Waals surface area contributed by atoms with Crippen molar-refractivity contribution < 1.29 is 9.47 Å². The Bertz CT molecular complexity index is 396. The van der Waals surface area contributed by atoms with Crippen LogP contribution in [0.4, 0.5) is 0 Å². The lowest BCUT2D eigenvalue weighted by Crippen LogP contribution is -2.40. The summed E-state index contributed by atoms with van der Waals surface area (Å²) in [5.74, 6) is 0.462. The molecule has 0 aliphatic heterocycles. The van der Waals surface area contributed by atoms with Gasteiger partial charge in [-0.2, -0.15) is 0 Å². The van der Waals surface area contributed by atoms with Gasteiger partial charge >= 0.3 is 0 Å². The minimum atomic E-state index is 0.167. The molecule has 0 bridgehead atoms. The molecule has 0 amide bonds. The molecule has 0 aromatic heterocycles. The summed E-state index contributed by atoms with van der Waals surface area (Å²) in [6.07, 6.45) is 1.82.